The zero-order chi connectivity index (χ0) is 7.98. The third-order valence-corrected chi connectivity index (χ3v) is 0.725. The normalized spacial score (nSPS) is 8.90. The molecule has 1 amide bonds. The molecule has 5 heteroatoms. The van der Waals surface area contributed by atoms with Gasteiger partial charge in [0.05, 0.1) is 0 Å². The second-order valence-corrected chi connectivity index (χ2v) is 1.60. The van der Waals surface area contributed by atoms with Gasteiger partial charge in [-0.05, 0) is 0 Å². The molecule has 0 rings (SSSR count). The van der Waals surface area contributed by atoms with Crippen LogP contribution in [0.3, 0.4) is 0 Å². The first kappa shape index (κ1) is 8.90. The lowest BCUT2D eigenvalue weighted by Crippen LogP contribution is -2.27. The lowest BCUT2D eigenvalue weighted by atomic mass is 10.4. The minimum absolute atomic E-state index is 0.0477. The molecule has 0 atom stereocenters. The number of nitrogens with one attached hydrogen (secondary N) is 1. The molecule has 0 aromatic carbocycles. The van der Waals surface area contributed by atoms with Crippen molar-refractivity contribution in [2.45, 2.75) is 6.42 Å². The lowest BCUT2D eigenvalue weighted by molar-refractivity contribution is -0.141. The number of rotatable bonds is 4. The smallest absolute Gasteiger partial charge is 0.312 e. The first-order chi connectivity index (χ1) is 4.66. The van der Waals surface area contributed by atoms with E-state index in [-0.39, 0.29) is 6.73 Å². The summed E-state index contributed by atoms with van der Waals surface area (Å²) in [6.07, 6.45) is -0.511. The minimum Gasteiger partial charge on any atom is -0.481 e. The molecule has 0 aliphatic heterocycles. The van der Waals surface area contributed by atoms with E-state index in [1.54, 1.807) is 0 Å². The summed E-state index contributed by atoms with van der Waals surface area (Å²) in [6, 6.07) is 0. The Hall–Kier alpha value is -1.10. The number of ether oxygens (including phenoxy) is 1. The van der Waals surface area contributed by atoms with Crippen LogP contribution in [0, 0.1) is 0 Å². The number of carboxylic acids is 1. The van der Waals surface area contributed by atoms with Crippen molar-refractivity contribution in [1.82, 2.24) is 5.32 Å². The summed E-state index contributed by atoms with van der Waals surface area (Å²) < 4.78 is 4.47. The highest BCUT2D eigenvalue weighted by Gasteiger charge is 2.04. The van der Waals surface area contributed by atoms with Crippen LogP contribution in [0.2, 0.25) is 0 Å². The van der Waals surface area contributed by atoms with Crippen LogP contribution in [0.25, 0.3) is 0 Å². The molecule has 58 valence electrons. The molecule has 0 aliphatic carbocycles. The third-order valence-electron chi connectivity index (χ3n) is 0.725. The van der Waals surface area contributed by atoms with Crippen LogP contribution in [-0.2, 0) is 14.3 Å². The molecular weight excluding hydrogens is 138 g/mol. The molecule has 0 bridgehead atoms. The van der Waals surface area contributed by atoms with E-state index in [0.717, 1.165) is 0 Å². The van der Waals surface area contributed by atoms with E-state index in [9.17, 15) is 9.59 Å². The second kappa shape index (κ2) is 4.75. The van der Waals surface area contributed by atoms with Crippen molar-refractivity contribution in [3.63, 3.8) is 0 Å². The van der Waals surface area contributed by atoms with Crippen LogP contribution in [0.15, 0.2) is 0 Å². The Labute approximate surface area is 58.0 Å². The minimum atomic E-state index is -1.14. The van der Waals surface area contributed by atoms with Crippen LogP contribution in [0.5, 0.6) is 0 Å². The fraction of sp³-hybridized carbons (Fsp3) is 0.600. The van der Waals surface area contributed by atoms with Gasteiger partial charge in [0.15, 0.2) is 0 Å². The molecule has 0 spiro atoms. The maximum Gasteiger partial charge on any atom is 0.312 e. The van der Waals surface area contributed by atoms with E-state index in [1.807, 2.05) is 0 Å². The number of amides is 1. The average Bonchev–Trinajstić information content (AvgIpc) is 1.82. The molecule has 0 saturated heterocycles. The van der Waals surface area contributed by atoms with Crippen LogP contribution in [0.1, 0.15) is 6.42 Å². The van der Waals surface area contributed by atoms with Crippen molar-refractivity contribution in [1.29, 1.82) is 0 Å². The topological polar surface area (TPSA) is 75.6 Å². The third kappa shape index (κ3) is 5.04. The van der Waals surface area contributed by atoms with Crippen molar-refractivity contribution in [3.05, 3.63) is 0 Å². The van der Waals surface area contributed by atoms with Gasteiger partial charge >= 0.3 is 5.97 Å². The standard InChI is InChI=1S/C5H9NO4/c1-10-3-6-4(7)2-5(8)9/h2-3H2,1H3,(H,6,7)(H,8,9). The van der Waals surface area contributed by atoms with Gasteiger partial charge in [-0.25, -0.2) is 0 Å². The number of carboxylic acid groups (broad SMARTS) is 1. The number of hydrogen-bond donors (Lipinski definition) is 2. The number of aliphatic carboxylic acids is 1. The van der Waals surface area contributed by atoms with E-state index >= 15 is 0 Å². The van der Waals surface area contributed by atoms with Crippen molar-refractivity contribution >= 4 is 11.9 Å². The highest BCUT2D eigenvalue weighted by molar-refractivity contribution is 5.93. The Morgan fingerprint density at radius 2 is 2.20 bits per heavy atom. The quantitative estimate of drug-likeness (QED) is 0.402. The second-order valence-electron chi connectivity index (χ2n) is 1.60. The Morgan fingerprint density at radius 3 is 2.60 bits per heavy atom. The van der Waals surface area contributed by atoms with Gasteiger partial charge in [-0.2, -0.15) is 0 Å². The van der Waals surface area contributed by atoms with Crippen molar-refractivity contribution < 1.29 is 19.4 Å². The van der Waals surface area contributed by atoms with E-state index in [4.69, 9.17) is 5.11 Å². The largest absolute Gasteiger partial charge is 0.481 e. The lowest BCUT2D eigenvalue weighted by Gasteiger charge is -1.99. The number of methoxy groups -OCH3 is 1. The maximum absolute atomic E-state index is 10.4. The van der Waals surface area contributed by atoms with E-state index in [1.165, 1.54) is 7.11 Å². The van der Waals surface area contributed by atoms with Gasteiger partial charge < -0.3 is 15.2 Å². The molecule has 0 radical (unpaired) electrons. The molecule has 0 unspecified atom stereocenters. The summed E-state index contributed by atoms with van der Waals surface area (Å²) in [6.45, 7) is 0.0477. The summed E-state index contributed by atoms with van der Waals surface area (Å²) in [4.78, 5) is 20.3. The van der Waals surface area contributed by atoms with Crippen molar-refractivity contribution in [2.24, 2.45) is 0 Å². The fourth-order valence-electron chi connectivity index (χ4n) is 0.353. The molecule has 0 aliphatic rings. The molecule has 0 saturated carbocycles. The van der Waals surface area contributed by atoms with Gasteiger partial charge in [-0.15, -0.1) is 0 Å². The summed E-state index contributed by atoms with van der Waals surface area (Å²) in [5.41, 5.74) is 0. The summed E-state index contributed by atoms with van der Waals surface area (Å²) >= 11 is 0. The van der Waals surface area contributed by atoms with Gasteiger partial charge in [-0.3, -0.25) is 9.59 Å². The van der Waals surface area contributed by atoms with Gasteiger partial charge in [0.1, 0.15) is 13.2 Å². The maximum atomic E-state index is 10.4. The van der Waals surface area contributed by atoms with Crippen molar-refractivity contribution in [2.75, 3.05) is 13.8 Å². The van der Waals surface area contributed by atoms with Gasteiger partial charge in [0.2, 0.25) is 5.91 Å². The monoisotopic (exact) mass is 147 g/mol. The van der Waals surface area contributed by atoms with Crippen molar-refractivity contribution in [3.8, 4) is 0 Å². The predicted molar refractivity (Wildman–Crippen MR) is 32.3 cm³/mol. The SMILES string of the molecule is COCNC(=O)CC(=O)O. The first-order valence-electron chi connectivity index (χ1n) is 2.64. The molecule has 0 fully saturated rings. The van der Waals surface area contributed by atoms with Crippen LogP contribution >= 0.6 is 0 Å². The van der Waals surface area contributed by atoms with E-state index in [0.29, 0.717) is 0 Å². The van der Waals surface area contributed by atoms with Gasteiger partial charge in [0.25, 0.3) is 0 Å². The zero-order valence-corrected chi connectivity index (χ0v) is 5.59. The molecular formula is C5H9NO4. The number of carbonyl (C=O) groups excluding carboxylic acids is 1. The van der Waals surface area contributed by atoms with E-state index in [2.05, 4.69) is 10.1 Å². The van der Waals surface area contributed by atoms with E-state index < -0.39 is 18.3 Å². The summed E-state index contributed by atoms with van der Waals surface area (Å²) in [5.74, 6) is -1.69. The highest BCUT2D eigenvalue weighted by atomic mass is 16.5. The average molecular weight is 147 g/mol. The van der Waals surface area contributed by atoms with Crippen LogP contribution < -0.4 is 5.32 Å². The van der Waals surface area contributed by atoms with Crippen LogP contribution in [0.4, 0.5) is 0 Å². The first-order valence-corrected chi connectivity index (χ1v) is 2.64. The Balaban J connectivity index is 3.35. The molecule has 2 N–H and O–H groups in total. The van der Waals surface area contributed by atoms with Gasteiger partial charge in [-0.1, -0.05) is 0 Å². The van der Waals surface area contributed by atoms with Crippen LogP contribution in [-0.4, -0.2) is 30.8 Å². The highest BCUT2D eigenvalue weighted by Crippen LogP contribution is 1.77. The Morgan fingerprint density at radius 1 is 1.60 bits per heavy atom. The summed E-state index contributed by atoms with van der Waals surface area (Å²) in [5, 5.41) is 10.3. The Kier molecular flexibility index (Phi) is 4.23. The number of carbonyl (C=O) groups is 2. The van der Waals surface area contributed by atoms with Gasteiger partial charge in [0, 0.05) is 7.11 Å². The molecule has 5 nitrogen and oxygen atoms in total. The molecule has 0 aromatic rings. The summed E-state index contributed by atoms with van der Waals surface area (Å²) in [7, 11) is 1.40. The predicted octanol–water partition coefficient (Wildman–Crippen LogP) is -0.819. The Bertz CT molecular complexity index is 134. The zero-order valence-electron chi connectivity index (χ0n) is 5.59. The number of hydrogen-bond acceptors (Lipinski definition) is 3. The molecule has 0 heterocycles. The molecule has 10 heavy (non-hydrogen) atoms. The fourth-order valence-corrected chi connectivity index (χ4v) is 0.353. The molecule has 0 aromatic heterocycles.